The number of thiocarbonyl (C=S) groups is 1. The summed E-state index contributed by atoms with van der Waals surface area (Å²) in [4.78, 5) is 2.86. The highest BCUT2D eigenvalue weighted by Gasteiger charge is 2.01. The Balaban J connectivity index is 2.27. The highest BCUT2D eigenvalue weighted by Crippen LogP contribution is 2.12. The molecule has 1 aromatic rings. The number of hydrogen-bond acceptors (Lipinski definition) is 3. The summed E-state index contributed by atoms with van der Waals surface area (Å²) in [6.07, 6.45) is 2.25. The molecule has 0 fully saturated rings. The molecule has 0 unspecified atom stereocenters. The number of rotatable bonds is 9. The molecular formula is C15H24N2OS. The molecular weight excluding hydrogens is 256 g/mol. The highest BCUT2D eigenvalue weighted by atomic mass is 32.1. The highest BCUT2D eigenvalue weighted by molar-refractivity contribution is 7.80. The van der Waals surface area contributed by atoms with E-state index in [9.17, 15) is 0 Å². The maximum absolute atomic E-state index is 5.70. The first-order valence-corrected chi connectivity index (χ1v) is 7.33. The smallest absolute Gasteiger partial charge is 0.119 e. The molecule has 3 nitrogen and oxygen atoms in total. The largest absolute Gasteiger partial charge is 0.494 e. The molecule has 0 saturated heterocycles. The molecule has 0 aromatic heterocycles. The zero-order valence-corrected chi connectivity index (χ0v) is 12.7. The average molecular weight is 280 g/mol. The quantitative estimate of drug-likeness (QED) is 0.557. The van der Waals surface area contributed by atoms with Crippen LogP contribution in [-0.2, 0) is 0 Å². The topological polar surface area (TPSA) is 38.5 Å². The van der Waals surface area contributed by atoms with E-state index in [1.54, 1.807) is 0 Å². The fourth-order valence-corrected chi connectivity index (χ4v) is 2.07. The van der Waals surface area contributed by atoms with Crippen LogP contribution in [0, 0.1) is 0 Å². The van der Waals surface area contributed by atoms with Gasteiger partial charge in [-0.2, -0.15) is 0 Å². The molecule has 0 aliphatic carbocycles. The van der Waals surface area contributed by atoms with E-state index in [0.717, 1.165) is 37.4 Å². The number of nitrogens with zero attached hydrogens (tertiary/aromatic N) is 1. The Hall–Kier alpha value is -1.13. The van der Waals surface area contributed by atoms with Crippen molar-refractivity contribution < 1.29 is 4.74 Å². The zero-order valence-electron chi connectivity index (χ0n) is 11.9. The molecule has 1 rings (SSSR count). The molecule has 0 radical (unpaired) electrons. The van der Waals surface area contributed by atoms with Crippen LogP contribution in [0.2, 0.25) is 0 Å². The van der Waals surface area contributed by atoms with Crippen LogP contribution in [0.5, 0.6) is 5.75 Å². The maximum Gasteiger partial charge on any atom is 0.119 e. The van der Waals surface area contributed by atoms with Crippen LogP contribution in [0.15, 0.2) is 24.3 Å². The van der Waals surface area contributed by atoms with Gasteiger partial charge in [0.05, 0.1) is 6.61 Å². The lowest BCUT2D eigenvalue weighted by molar-refractivity contribution is 0.242. The second-order valence-electron chi connectivity index (χ2n) is 4.52. The Morgan fingerprint density at radius 2 is 1.89 bits per heavy atom. The van der Waals surface area contributed by atoms with Crippen molar-refractivity contribution in [1.82, 2.24) is 4.90 Å². The van der Waals surface area contributed by atoms with Gasteiger partial charge < -0.3 is 15.4 Å². The van der Waals surface area contributed by atoms with Crippen LogP contribution in [0.25, 0.3) is 0 Å². The van der Waals surface area contributed by atoms with Gasteiger partial charge in [-0.1, -0.05) is 26.1 Å². The fraction of sp³-hybridized carbons (Fsp3) is 0.533. The number of hydrogen-bond donors (Lipinski definition) is 1. The number of nitrogens with two attached hydrogens (primary N) is 1. The normalized spacial score (nSPS) is 10.7. The molecule has 0 aliphatic rings. The van der Waals surface area contributed by atoms with Crippen LogP contribution in [0.4, 0.5) is 0 Å². The molecule has 1 aromatic carbocycles. The summed E-state index contributed by atoms with van der Waals surface area (Å²) in [6, 6.07) is 7.62. The van der Waals surface area contributed by atoms with Gasteiger partial charge in [0.25, 0.3) is 0 Å². The summed E-state index contributed by atoms with van der Waals surface area (Å²) in [7, 11) is 0. The molecule has 0 spiro atoms. The number of benzene rings is 1. The van der Waals surface area contributed by atoms with Crippen LogP contribution >= 0.6 is 12.2 Å². The van der Waals surface area contributed by atoms with E-state index in [1.807, 2.05) is 24.3 Å². The third-order valence-electron chi connectivity index (χ3n) is 3.01. The predicted octanol–water partition coefficient (Wildman–Crippen LogP) is 2.82. The summed E-state index contributed by atoms with van der Waals surface area (Å²) in [6.45, 7) is 8.52. The SMILES string of the molecule is CCCN(CC)CCCOc1ccc(C(N)=S)cc1. The molecule has 0 saturated carbocycles. The third-order valence-corrected chi connectivity index (χ3v) is 3.25. The van der Waals surface area contributed by atoms with Crippen LogP contribution in [-0.4, -0.2) is 36.1 Å². The summed E-state index contributed by atoms with van der Waals surface area (Å²) in [5, 5.41) is 0. The van der Waals surface area contributed by atoms with E-state index < -0.39 is 0 Å². The first-order chi connectivity index (χ1) is 9.17. The van der Waals surface area contributed by atoms with Gasteiger partial charge in [0, 0.05) is 12.1 Å². The van der Waals surface area contributed by atoms with Gasteiger partial charge in [-0.05, 0) is 50.2 Å². The first kappa shape index (κ1) is 15.9. The molecule has 19 heavy (non-hydrogen) atoms. The molecule has 4 heteroatoms. The minimum absolute atomic E-state index is 0.421. The van der Waals surface area contributed by atoms with E-state index in [4.69, 9.17) is 22.7 Å². The summed E-state index contributed by atoms with van der Waals surface area (Å²) >= 11 is 4.91. The fourth-order valence-electron chi connectivity index (χ4n) is 1.94. The van der Waals surface area contributed by atoms with E-state index in [0.29, 0.717) is 4.99 Å². The summed E-state index contributed by atoms with van der Waals surface area (Å²) in [5.41, 5.74) is 6.42. The van der Waals surface area contributed by atoms with Crippen LogP contribution < -0.4 is 10.5 Å². The van der Waals surface area contributed by atoms with Crippen molar-refractivity contribution in [1.29, 1.82) is 0 Å². The van der Waals surface area contributed by atoms with E-state index >= 15 is 0 Å². The first-order valence-electron chi connectivity index (χ1n) is 6.92. The minimum Gasteiger partial charge on any atom is -0.494 e. The van der Waals surface area contributed by atoms with Crippen molar-refractivity contribution >= 4 is 17.2 Å². The van der Waals surface area contributed by atoms with Crippen molar-refractivity contribution in [3.05, 3.63) is 29.8 Å². The van der Waals surface area contributed by atoms with Gasteiger partial charge in [0.15, 0.2) is 0 Å². The molecule has 0 bridgehead atoms. The Kier molecular flexibility index (Phi) is 7.45. The van der Waals surface area contributed by atoms with Gasteiger partial charge in [0.1, 0.15) is 10.7 Å². The van der Waals surface area contributed by atoms with Gasteiger partial charge in [0.2, 0.25) is 0 Å². The second kappa shape index (κ2) is 8.88. The lowest BCUT2D eigenvalue weighted by Gasteiger charge is -2.19. The van der Waals surface area contributed by atoms with Crippen molar-refractivity contribution in [3.63, 3.8) is 0 Å². The molecule has 106 valence electrons. The van der Waals surface area contributed by atoms with Crippen molar-refractivity contribution in [2.45, 2.75) is 26.7 Å². The minimum atomic E-state index is 0.421. The van der Waals surface area contributed by atoms with E-state index in [1.165, 1.54) is 13.0 Å². The lowest BCUT2D eigenvalue weighted by atomic mass is 10.2. The maximum atomic E-state index is 5.70. The molecule has 0 amide bonds. The number of ether oxygens (including phenoxy) is 1. The van der Waals surface area contributed by atoms with Gasteiger partial charge in [-0.25, -0.2) is 0 Å². The van der Waals surface area contributed by atoms with Crippen molar-refractivity contribution in [2.24, 2.45) is 5.73 Å². The Labute approximate surface area is 121 Å². The Morgan fingerprint density at radius 3 is 2.42 bits per heavy atom. The third kappa shape index (κ3) is 6.03. The standard InChI is InChI=1S/C15H24N2OS/c1-3-10-17(4-2)11-5-12-18-14-8-6-13(7-9-14)15(16)19/h6-9H,3-5,10-12H2,1-2H3,(H2,16,19). The lowest BCUT2D eigenvalue weighted by Crippen LogP contribution is -2.26. The van der Waals surface area contributed by atoms with Crippen molar-refractivity contribution in [3.8, 4) is 5.75 Å². The predicted molar refractivity (Wildman–Crippen MR) is 84.8 cm³/mol. The molecule has 0 heterocycles. The summed E-state index contributed by atoms with van der Waals surface area (Å²) in [5.74, 6) is 0.874. The average Bonchev–Trinajstić information content (AvgIpc) is 2.42. The molecule has 0 atom stereocenters. The monoisotopic (exact) mass is 280 g/mol. The van der Waals surface area contributed by atoms with Gasteiger partial charge >= 0.3 is 0 Å². The molecule has 2 N–H and O–H groups in total. The van der Waals surface area contributed by atoms with E-state index in [-0.39, 0.29) is 0 Å². The van der Waals surface area contributed by atoms with Gasteiger partial charge in [-0.3, -0.25) is 0 Å². The molecule has 0 aliphatic heterocycles. The second-order valence-corrected chi connectivity index (χ2v) is 4.96. The summed E-state index contributed by atoms with van der Waals surface area (Å²) < 4.78 is 5.70. The Bertz CT molecular complexity index is 378. The zero-order chi connectivity index (χ0) is 14.1. The van der Waals surface area contributed by atoms with Crippen molar-refractivity contribution in [2.75, 3.05) is 26.2 Å². The Morgan fingerprint density at radius 1 is 1.21 bits per heavy atom. The van der Waals surface area contributed by atoms with Crippen LogP contribution in [0.1, 0.15) is 32.3 Å². The van der Waals surface area contributed by atoms with Crippen LogP contribution in [0.3, 0.4) is 0 Å². The van der Waals surface area contributed by atoms with Gasteiger partial charge in [-0.15, -0.1) is 0 Å². The van der Waals surface area contributed by atoms with E-state index in [2.05, 4.69) is 18.7 Å².